The molecule has 0 saturated carbocycles. The molecule has 1 atom stereocenters. The Hall–Kier alpha value is -4.20. The Labute approximate surface area is 213 Å². The standard InChI is InChI=1S/C29H27F2NO5/c1-5-37-20-10-6-17(7-11-20)26-25(27(33)18-8-13-24(36-4)21(14-18)16(2)3)28(34)29(35)32(26)19-9-12-22(30)23(31)15-19/h6-16,26,33H,5H2,1-4H3/b27-25-. The van der Waals surface area contributed by atoms with Gasteiger partial charge in [0.25, 0.3) is 11.7 Å². The van der Waals surface area contributed by atoms with Crippen LogP contribution in [0.2, 0.25) is 0 Å². The predicted octanol–water partition coefficient (Wildman–Crippen LogP) is 6.12. The maximum Gasteiger partial charge on any atom is 0.300 e. The third-order valence-corrected chi connectivity index (χ3v) is 6.26. The van der Waals surface area contributed by atoms with Crippen molar-refractivity contribution in [3.63, 3.8) is 0 Å². The van der Waals surface area contributed by atoms with E-state index in [1.54, 1.807) is 49.6 Å². The Morgan fingerprint density at radius 1 is 1.00 bits per heavy atom. The highest BCUT2D eigenvalue weighted by molar-refractivity contribution is 6.51. The molecule has 37 heavy (non-hydrogen) atoms. The van der Waals surface area contributed by atoms with E-state index >= 15 is 0 Å². The quantitative estimate of drug-likeness (QED) is 0.237. The van der Waals surface area contributed by atoms with Crippen LogP contribution in [0.15, 0.2) is 66.2 Å². The minimum atomic E-state index is -1.17. The van der Waals surface area contributed by atoms with Crippen LogP contribution in [-0.4, -0.2) is 30.5 Å². The highest BCUT2D eigenvalue weighted by atomic mass is 19.2. The Morgan fingerprint density at radius 3 is 2.30 bits per heavy atom. The van der Waals surface area contributed by atoms with Gasteiger partial charge in [0, 0.05) is 17.3 Å². The maximum absolute atomic E-state index is 14.1. The van der Waals surface area contributed by atoms with Crippen LogP contribution in [0.1, 0.15) is 49.4 Å². The van der Waals surface area contributed by atoms with Gasteiger partial charge in [-0.15, -0.1) is 0 Å². The molecule has 1 heterocycles. The van der Waals surface area contributed by atoms with E-state index in [4.69, 9.17) is 9.47 Å². The summed E-state index contributed by atoms with van der Waals surface area (Å²) >= 11 is 0. The molecule has 6 nitrogen and oxygen atoms in total. The fraction of sp³-hybridized carbons (Fsp3) is 0.241. The van der Waals surface area contributed by atoms with Crippen LogP contribution in [0.4, 0.5) is 14.5 Å². The van der Waals surface area contributed by atoms with E-state index in [0.29, 0.717) is 29.2 Å². The first-order valence-corrected chi connectivity index (χ1v) is 11.8. The van der Waals surface area contributed by atoms with Gasteiger partial charge in [-0.2, -0.15) is 0 Å². The number of hydrogen-bond donors (Lipinski definition) is 1. The van der Waals surface area contributed by atoms with E-state index in [2.05, 4.69) is 0 Å². The molecule has 4 rings (SSSR count). The molecule has 1 saturated heterocycles. The van der Waals surface area contributed by atoms with Crippen LogP contribution in [0.5, 0.6) is 11.5 Å². The topological polar surface area (TPSA) is 76.1 Å². The highest BCUT2D eigenvalue weighted by Crippen LogP contribution is 2.43. The number of anilines is 1. The van der Waals surface area contributed by atoms with E-state index in [-0.39, 0.29) is 22.9 Å². The number of ether oxygens (including phenoxy) is 2. The fourth-order valence-corrected chi connectivity index (χ4v) is 4.45. The minimum Gasteiger partial charge on any atom is -0.507 e. The molecule has 0 radical (unpaired) electrons. The molecule has 0 bridgehead atoms. The second kappa shape index (κ2) is 10.4. The van der Waals surface area contributed by atoms with Gasteiger partial charge >= 0.3 is 0 Å². The molecule has 8 heteroatoms. The average molecular weight is 508 g/mol. The molecule has 1 aliphatic heterocycles. The van der Waals surface area contributed by atoms with Gasteiger partial charge in [-0.05, 0) is 66.4 Å². The zero-order valence-electron chi connectivity index (χ0n) is 20.9. The Balaban J connectivity index is 1.93. The van der Waals surface area contributed by atoms with Crippen molar-refractivity contribution >= 4 is 23.1 Å². The van der Waals surface area contributed by atoms with Crippen molar-refractivity contribution < 1.29 is 33.0 Å². The van der Waals surface area contributed by atoms with Gasteiger partial charge in [0.05, 0.1) is 25.3 Å². The van der Waals surface area contributed by atoms with Crippen LogP contribution in [-0.2, 0) is 9.59 Å². The first kappa shape index (κ1) is 25.9. The monoisotopic (exact) mass is 507 g/mol. The van der Waals surface area contributed by atoms with E-state index in [0.717, 1.165) is 22.6 Å². The van der Waals surface area contributed by atoms with Crippen LogP contribution < -0.4 is 14.4 Å². The first-order valence-electron chi connectivity index (χ1n) is 11.8. The summed E-state index contributed by atoms with van der Waals surface area (Å²) in [5.74, 6) is -3.29. The van der Waals surface area contributed by atoms with Gasteiger partial charge < -0.3 is 14.6 Å². The summed E-state index contributed by atoms with van der Waals surface area (Å²) < 4.78 is 38.7. The van der Waals surface area contributed by atoms with Crippen molar-refractivity contribution in [2.75, 3.05) is 18.6 Å². The number of ketones is 1. The molecule has 0 aromatic heterocycles. The lowest BCUT2D eigenvalue weighted by molar-refractivity contribution is -0.132. The van der Waals surface area contributed by atoms with Gasteiger partial charge in [0.1, 0.15) is 17.3 Å². The number of carbonyl (C=O) groups is 2. The molecule has 3 aromatic carbocycles. The van der Waals surface area contributed by atoms with Crippen molar-refractivity contribution in [1.82, 2.24) is 0 Å². The number of nitrogens with zero attached hydrogens (tertiary/aromatic N) is 1. The molecule has 192 valence electrons. The summed E-state index contributed by atoms with van der Waals surface area (Å²) in [7, 11) is 1.54. The summed E-state index contributed by atoms with van der Waals surface area (Å²) in [6.07, 6.45) is 0. The molecule has 1 unspecified atom stereocenters. The molecule has 1 amide bonds. The van der Waals surface area contributed by atoms with Gasteiger partial charge in [-0.3, -0.25) is 14.5 Å². The summed E-state index contributed by atoms with van der Waals surface area (Å²) in [6, 6.07) is 13.5. The fourth-order valence-electron chi connectivity index (χ4n) is 4.45. The van der Waals surface area contributed by atoms with E-state index in [9.17, 15) is 23.5 Å². The number of halogens is 2. The highest BCUT2D eigenvalue weighted by Gasteiger charge is 2.47. The number of benzene rings is 3. The SMILES string of the molecule is CCOc1ccc(C2/C(=C(/O)c3ccc(OC)c(C(C)C)c3)C(=O)C(=O)N2c2ccc(F)c(F)c2)cc1. The molecular formula is C29H27F2NO5. The molecule has 3 aromatic rings. The lowest BCUT2D eigenvalue weighted by Gasteiger charge is -2.26. The molecule has 0 spiro atoms. The number of rotatable bonds is 7. The van der Waals surface area contributed by atoms with Crippen LogP contribution in [0.3, 0.4) is 0 Å². The second-order valence-electron chi connectivity index (χ2n) is 8.88. The minimum absolute atomic E-state index is 0.0171. The van der Waals surface area contributed by atoms with Gasteiger partial charge in [-0.1, -0.05) is 26.0 Å². The second-order valence-corrected chi connectivity index (χ2v) is 8.88. The number of carbonyl (C=O) groups excluding carboxylic acids is 2. The number of aliphatic hydroxyl groups excluding tert-OH is 1. The maximum atomic E-state index is 14.1. The van der Waals surface area contributed by atoms with E-state index < -0.39 is 29.4 Å². The lowest BCUT2D eigenvalue weighted by atomic mass is 9.93. The lowest BCUT2D eigenvalue weighted by Crippen LogP contribution is -2.29. The molecule has 1 fully saturated rings. The van der Waals surface area contributed by atoms with Crippen LogP contribution in [0.25, 0.3) is 5.76 Å². The number of Topliss-reactive ketones (excluding diaryl/α,β-unsaturated/α-hetero) is 1. The molecule has 1 aliphatic rings. The normalized spacial score (nSPS) is 16.9. The number of methoxy groups -OCH3 is 1. The van der Waals surface area contributed by atoms with Gasteiger partial charge in [0.15, 0.2) is 11.6 Å². The number of hydrogen-bond acceptors (Lipinski definition) is 5. The molecule has 0 aliphatic carbocycles. The number of amides is 1. The van der Waals surface area contributed by atoms with E-state index in [1.807, 2.05) is 20.8 Å². The third-order valence-electron chi connectivity index (χ3n) is 6.26. The van der Waals surface area contributed by atoms with Crippen molar-refractivity contribution in [1.29, 1.82) is 0 Å². The largest absolute Gasteiger partial charge is 0.507 e. The van der Waals surface area contributed by atoms with Crippen molar-refractivity contribution in [2.24, 2.45) is 0 Å². The average Bonchev–Trinajstić information content (AvgIpc) is 3.15. The summed E-state index contributed by atoms with van der Waals surface area (Å²) in [6.45, 7) is 6.21. The molecule has 1 N–H and O–H groups in total. The summed E-state index contributed by atoms with van der Waals surface area (Å²) in [5.41, 5.74) is 1.42. The summed E-state index contributed by atoms with van der Waals surface area (Å²) in [4.78, 5) is 27.6. The van der Waals surface area contributed by atoms with Gasteiger partial charge in [0.2, 0.25) is 0 Å². The third kappa shape index (κ3) is 4.79. The number of aliphatic hydroxyl groups is 1. The zero-order valence-corrected chi connectivity index (χ0v) is 20.9. The Kier molecular flexibility index (Phi) is 7.29. The van der Waals surface area contributed by atoms with Crippen LogP contribution >= 0.6 is 0 Å². The van der Waals surface area contributed by atoms with Crippen molar-refractivity contribution in [3.8, 4) is 11.5 Å². The van der Waals surface area contributed by atoms with Crippen molar-refractivity contribution in [2.45, 2.75) is 32.7 Å². The van der Waals surface area contributed by atoms with Gasteiger partial charge in [-0.25, -0.2) is 8.78 Å². The first-order chi connectivity index (χ1) is 17.7. The van der Waals surface area contributed by atoms with E-state index in [1.165, 1.54) is 6.07 Å². The predicted molar refractivity (Wildman–Crippen MR) is 136 cm³/mol. The van der Waals surface area contributed by atoms with Crippen molar-refractivity contribution in [3.05, 3.63) is 94.6 Å². The zero-order chi connectivity index (χ0) is 26.9. The summed E-state index contributed by atoms with van der Waals surface area (Å²) in [5, 5.41) is 11.4. The smallest absolute Gasteiger partial charge is 0.300 e. The van der Waals surface area contributed by atoms with Crippen LogP contribution in [0, 0.1) is 11.6 Å². The Morgan fingerprint density at radius 2 is 1.70 bits per heavy atom. The Bertz CT molecular complexity index is 1380. The molecular weight excluding hydrogens is 480 g/mol.